The third kappa shape index (κ3) is 6.40. The lowest BCUT2D eigenvalue weighted by molar-refractivity contribution is -0.129. The Labute approximate surface area is 131 Å². The zero-order valence-electron chi connectivity index (χ0n) is 13.3. The molecule has 0 radical (unpaired) electrons. The molecule has 0 spiro atoms. The fourth-order valence-corrected chi connectivity index (χ4v) is 2.11. The van der Waals surface area contributed by atoms with Gasteiger partial charge in [-0.25, -0.2) is 0 Å². The monoisotopic (exact) mass is 301 g/mol. The first kappa shape index (κ1) is 17.7. The Balaban J connectivity index is 2.46. The predicted molar refractivity (Wildman–Crippen MR) is 86.2 cm³/mol. The van der Waals surface area contributed by atoms with Crippen LogP contribution in [-0.2, 0) is 9.59 Å². The Morgan fingerprint density at radius 2 is 2.05 bits per heavy atom. The smallest absolute Gasteiger partial charge is 0.226 e. The first-order valence-corrected chi connectivity index (χ1v) is 7.62. The van der Waals surface area contributed by atoms with E-state index in [-0.39, 0.29) is 18.2 Å². The summed E-state index contributed by atoms with van der Waals surface area (Å²) in [6.45, 7) is 4.75. The van der Waals surface area contributed by atoms with Gasteiger partial charge in [-0.2, -0.15) is 5.26 Å². The molecule has 0 unspecified atom stereocenters. The molecule has 1 aromatic carbocycles. The first-order valence-electron chi connectivity index (χ1n) is 7.62. The van der Waals surface area contributed by atoms with Crippen molar-refractivity contribution >= 4 is 17.5 Å². The van der Waals surface area contributed by atoms with Crippen molar-refractivity contribution in [3.8, 4) is 6.07 Å². The number of carbonyl (C=O) groups is 2. The molecule has 0 aliphatic rings. The molecule has 0 saturated heterocycles. The van der Waals surface area contributed by atoms with Crippen molar-refractivity contribution in [1.29, 1.82) is 5.26 Å². The molecule has 0 heterocycles. The Morgan fingerprint density at radius 1 is 1.27 bits per heavy atom. The minimum Gasteiger partial charge on any atom is -0.342 e. The van der Waals surface area contributed by atoms with Crippen LogP contribution in [0.3, 0.4) is 0 Å². The Hall–Kier alpha value is -2.35. The van der Waals surface area contributed by atoms with E-state index in [0.29, 0.717) is 24.3 Å². The third-order valence-electron chi connectivity index (χ3n) is 3.36. The SMILES string of the molecule is CCCCCN(CCC(=O)Nc1cccc(C#N)c1)C(C)=O. The average Bonchev–Trinajstić information content (AvgIpc) is 2.50. The van der Waals surface area contributed by atoms with Gasteiger partial charge in [0.05, 0.1) is 11.6 Å². The summed E-state index contributed by atoms with van der Waals surface area (Å²) in [5, 5.41) is 11.6. The number of nitriles is 1. The second-order valence-electron chi connectivity index (χ2n) is 5.20. The summed E-state index contributed by atoms with van der Waals surface area (Å²) in [4.78, 5) is 25.2. The number of unbranched alkanes of at least 4 members (excludes halogenated alkanes) is 2. The quantitative estimate of drug-likeness (QED) is 0.750. The first-order chi connectivity index (χ1) is 10.6. The summed E-state index contributed by atoms with van der Waals surface area (Å²) in [5.74, 6) is -0.160. The highest BCUT2D eigenvalue weighted by Gasteiger charge is 2.11. The molecule has 0 aliphatic carbocycles. The van der Waals surface area contributed by atoms with Crippen molar-refractivity contribution in [1.82, 2.24) is 4.90 Å². The largest absolute Gasteiger partial charge is 0.342 e. The van der Waals surface area contributed by atoms with Crippen molar-refractivity contribution in [2.45, 2.75) is 39.5 Å². The standard InChI is InChI=1S/C17H23N3O2/c1-3-4-5-10-20(14(2)21)11-9-17(22)19-16-8-6-7-15(12-16)13-18/h6-8,12H,3-5,9-11H2,1-2H3,(H,19,22). The zero-order chi connectivity index (χ0) is 16.4. The highest BCUT2D eigenvalue weighted by molar-refractivity contribution is 5.91. The number of hydrogen-bond acceptors (Lipinski definition) is 3. The van der Waals surface area contributed by atoms with E-state index in [1.54, 1.807) is 29.2 Å². The maximum Gasteiger partial charge on any atom is 0.226 e. The molecule has 0 bridgehead atoms. The molecule has 0 fully saturated rings. The van der Waals surface area contributed by atoms with E-state index in [9.17, 15) is 9.59 Å². The Morgan fingerprint density at radius 3 is 2.68 bits per heavy atom. The van der Waals surface area contributed by atoms with Gasteiger partial charge in [-0.1, -0.05) is 25.8 Å². The molecular weight excluding hydrogens is 278 g/mol. The molecule has 0 saturated carbocycles. The second-order valence-corrected chi connectivity index (χ2v) is 5.20. The van der Waals surface area contributed by atoms with E-state index in [4.69, 9.17) is 5.26 Å². The number of nitrogens with one attached hydrogen (secondary N) is 1. The van der Waals surface area contributed by atoms with Crippen LogP contribution in [-0.4, -0.2) is 29.8 Å². The lowest BCUT2D eigenvalue weighted by atomic mass is 10.2. The molecule has 5 heteroatoms. The van der Waals surface area contributed by atoms with Crippen LogP contribution in [0, 0.1) is 11.3 Å². The van der Waals surface area contributed by atoms with Gasteiger partial charge in [0, 0.05) is 32.1 Å². The molecule has 0 aliphatic heterocycles. The molecule has 1 N–H and O–H groups in total. The van der Waals surface area contributed by atoms with E-state index in [0.717, 1.165) is 19.3 Å². The molecule has 22 heavy (non-hydrogen) atoms. The van der Waals surface area contributed by atoms with Crippen LogP contribution in [0.5, 0.6) is 0 Å². The number of hydrogen-bond donors (Lipinski definition) is 1. The molecule has 118 valence electrons. The van der Waals surface area contributed by atoms with E-state index < -0.39 is 0 Å². The molecule has 5 nitrogen and oxygen atoms in total. The molecular formula is C17H23N3O2. The van der Waals surface area contributed by atoms with Gasteiger partial charge in [0.15, 0.2) is 0 Å². The normalized spacial score (nSPS) is 9.86. The number of anilines is 1. The minimum absolute atomic E-state index is 0.00428. The van der Waals surface area contributed by atoms with E-state index in [2.05, 4.69) is 12.2 Å². The van der Waals surface area contributed by atoms with Crippen molar-refractivity contribution in [2.24, 2.45) is 0 Å². The number of benzene rings is 1. The number of amides is 2. The summed E-state index contributed by atoms with van der Waals surface area (Å²) < 4.78 is 0. The summed E-state index contributed by atoms with van der Waals surface area (Å²) >= 11 is 0. The second kappa shape index (κ2) is 9.56. The summed E-state index contributed by atoms with van der Waals surface area (Å²) in [5.41, 5.74) is 1.10. The van der Waals surface area contributed by atoms with E-state index in [1.807, 2.05) is 6.07 Å². The summed E-state index contributed by atoms with van der Waals surface area (Å²) in [7, 11) is 0. The highest BCUT2D eigenvalue weighted by atomic mass is 16.2. The van der Waals surface area contributed by atoms with E-state index >= 15 is 0 Å². The average molecular weight is 301 g/mol. The number of nitrogens with zero attached hydrogens (tertiary/aromatic N) is 2. The maximum absolute atomic E-state index is 11.9. The van der Waals surface area contributed by atoms with Crippen LogP contribution in [0.2, 0.25) is 0 Å². The minimum atomic E-state index is -0.156. The predicted octanol–water partition coefficient (Wildman–Crippen LogP) is 2.93. The molecule has 1 aromatic rings. The fraction of sp³-hybridized carbons (Fsp3) is 0.471. The van der Waals surface area contributed by atoms with Gasteiger partial charge in [-0.3, -0.25) is 9.59 Å². The lowest BCUT2D eigenvalue weighted by Gasteiger charge is -2.20. The van der Waals surface area contributed by atoms with Gasteiger partial charge in [-0.15, -0.1) is 0 Å². The van der Waals surface area contributed by atoms with Crippen molar-refractivity contribution in [3.05, 3.63) is 29.8 Å². The van der Waals surface area contributed by atoms with Crippen molar-refractivity contribution in [3.63, 3.8) is 0 Å². The van der Waals surface area contributed by atoms with Crippen molar-refractivity contribution < 1.29 is 9.59 Å². The molecule has 2 amide bonds. The topological polar surface area (TPSA) is 73.2 Å². The molecule has 1 rings (SSSR count). The van der Waals surface area contributed by atoms with Crippen molar-refractivity contribution in [2.75, 3.05) is 18.4 Å². The van der Waals surface area contributed by atoms with Crippen LogP contribution in [0.1, 0.15) is 45.1 Å². The molecule has 0 atom stereocenters. The van der Waals surface area contributed by atoms with Gasteiger partial charge in [0.25, 0.3) is 0 Å². The lowest BCUT2D eigenvalue weighted by Crippen LogP contribution is -2.32. The highest BCUT2D eigenvalue weighted by Crippen LogP contribution is 2.10. The van der Waals surface area contributed by atoms with Crippen LogP contribution < -0.4 is 5.32 Å². The van der Waals surface area contributed by atoms with Gasteiger partial charge < -0.3 is 10.2 Å². The van der Waals surface area contributed by atoms with Crippen LogP contribution >= 0.6 is 0 Å². The van der Waals surface area contributed by atoms with Crippen LogP contribution in [0.15, 0.2) is 24.3 Å². The number of carbonyl (C=O) groups excluding carboxylic acids is 2. The Kier molecular flexibility index (Phi) is 7.69. The molecule has 0 aromatic heterocycles. The maximum atomic E-state index is 11.9. The number of rotatable bonds is 8. The van der Waals surface area contributed by atoms with Gasteiger partial charge in [-0.05, 0) is 24.6 Å². The summed E-state index contributed by atoms with van der Waals surface area (Å²) in [6.07, 6.45) is 3.39. The summed E-state index contributed by atoms with van der Waals surface area (Å²) in [6, 6.07) is 8.80. The third-order valence-corrected chi connectivity index (χ3v) is 3.36. The van der Waals surface area contributed by atoms with Crippen LogP contribution in [0.4, 0.5) is 5.69 Å². The van der Waals surface area contributed by atoms with Gasteiger partial charge in [0.1, 0.15) is 0 Å². The Bertz CT molecular complexity index is 549. The fourth-order valence-electron chi connectivity index (χ4n) is 2.11. The van der Waals surface area contributed by atoms with E-state index in [1.165, 1.54) is 6.92 Å². The van der Waals surface area contributed by atoms with Gasteiger partial charge in [0.2, 0.25) is 11.8 Å². The zero-order valence-corrected chi connectivity index (χ0v) is 13.3. The van der Waals surface area contributed by atoms with Gasteiger partial charge >= 0.3 is 0 Å². The van der Waals surface area contributed by atoms with Crippen LogP contribution in [0.25, 0.3) is 0 Å².